The van der Waals surface area contributed by atoms with Gasteiger partial charge in [0.2, 0.25) is 0 Å². The molecule has 7 heteroatoms. The molecule has 5 nitrogen and oxygen atoms in total. The van der Waals surface area contributed by atoms with Crippen molar-refractivity contribution in [3.63, 3.8) is 0 Å². The van der Waals surface area contributed by atoms with Gasteiger partial charge < -0.3 is 10.1 Å². The summed E-state index contributed by atoms with van der Waals surface area (Å²) < 4.78 is 4.97. The van der Waals surface area contributed by atoms with Crippen molar-refractivity contribution in [1.82, 2.24) is 4.98 Å². The van der Waals surface area contributed by atoms with Crippen LogP contribution in [0.4, 0.5) is 5.82 Å². The molecule has 0 aliphatic carbocycles. The van der Waals surface area contributed by atoms with Crippen LogP contribution < -0.4 is 5.32 Å². The lowest BCUT2D eigenvalue weighted by Crippen LogP contribution is -2.22. The van der Waals surface area contributed by atoms with E-state index in [0.29, 0.717) is 5.02 Å². The quantitative estimate of drug-likeness (QED) is 0.818. The van der Waals surface area contributed by atoms with Crippen molar-refractivity contribution in [2.24, 2.45) is 0 Å². The number of nitrogens with one attached hydrogen (secondary N) is 1. The van der Waals surface area contributed by atoms with E-state index in [2.05, 4.69) is 10.3 Å². The van der Waals surface area contributed by atoms with E-state index >= 15 is 0 Å². The summed E-state index contributed by atoms with van der Waals surface area (Å²) in [5.41, 5.74) is 3.09. The highest BCUT2D eigenvalue weighted by Crippen LogP contribution is 2.22. The second-order valence-corrected chi connectivity index (χ2v) is 6.13. The van der Waals surface area contributed by atoms with Gasteiger partial charge in [0.15, 0.2) is 12.4 Å². The predicted molar refractivity (Wildman–Crippen MR) is 93.5 cm³/mol. The minimum Gasteiger partial charge on any atom is -0.455 e. The Kier molecular flexibility index (Phi) is 6.17. The third-order valence-electron chi connectivity index (χ3n) is 3.35. The van der Waals surface area contributed by atoms with Crippen LogP contribution in [0.5, 0.6) is 0 Å². The van der Waals surface area contributed by atoms with Crippen molar-refractivity contribution in [3.05, 3.63) is 57.2 Å². The molecule has 1 aromatic carbocycles. The van der Waals surface area contributed by atoms with E-state index in [9.17, 15) is 9.59 Å². The van der Waals surface area contributed by atoms with Crippen molar-refractivity contribution in [2.75, 3.05) is 11.9 Å². The highest BCUT2D eigenvalue weighted by molar-refractivity contribution is 6.36. The summed E-state index contributed by atoms with van der Waals surface area (Å²) in [6, 6.07) is 7.19. The summed E-state index contributed by atoms with van der Waals surface area (Å²) in [6.45, 7) is 3.56. The topological polar surface area (TPSA) is 68.3 Å². The van der Waals surface area contributed by atoms with Gasteiger partial charge in [-0.25, -0.2) is 4.98 Å². The van der Waals surface area contributed by atoms with Crippen LogP contribution in [0, 0.1) is 13.8 Å². The number of carbonyl (C=O) groups is 2. The molecule has 0 fully saturated rings. The van der Waals surface area contributed by atoms with Crippen molar-refractivity contribution >= 4 is 40.9 Å². The number of halogens is 2. The Balaban J connectivity index is 1.84. The fourth-order valence-corrected chi connectivity index (χ4v) is 2.38. The van der Waals surface area contributed by atoms with E-state index in [-0.39, 0.29) is 17.3 Å². The maximum Gasteiger partial charge on any atom is 0.310 e. The standard InChI is InChI=1S/C17H16Cl2N2O3/c1-10-3-4-12(5-11(10)2)6-16(23)24-9-15(22)21-17-14(19)7-13(18)8-20-17/h3-5,7-8H,6,9H2,1-2H3,(H,20,21,22). The Hall–Kier alpha value is -2.11. The molecule has 2 rings (SSSR count). The maximum absolute atomic E-state index is 11.8. The van der Waals surface area contributed by atoms with Crippen LogP contribution in [0.1, 0.15) is 16.7 Å². The van der Waals surface area contributed by atoms with Crippen molar-refractivity contribution in [3.8, 4) is 0 Å². The minimum absolute atomic E-state index is 0.106. The number of anilines is 1. The molecule has 126 valence electrons. The molecule has 0 aliphatic rings. The highest BCUT2D eigenvalue weighted by Gasteiger charge is 2.11. The van der Waals surface area contributed by atoms with Gasteiger partial charge in [-0.2, -0.15) is 0 Å². The number of esters is 1. The molecular formula is C17H16Cl2N2O3. The van der Waals surface area contributed by atoms with E-state index in [4.69, 9.17) is 27.9 Å². The van der Waals surface area contributed by atoms with Crippen LogP contribution in [0.3, 0.4) is 0 Å². The van der Waals surface area contributed by atoms with Gasteiger partial charge in [-0.1, -0.05) is 41.4 Å². The van der Waals surface area contributed by atoms with Gasteiger partial charge in [0, 0.05) is 6.20 Å². The first kappa shape index (κ1) is 18.2. The molecule has 0 atom stereocenters. The zero-order valence-corrected chi connectivity index (χ0v) is 14.7. The van der Waals surface area contributed by atoms with Gasteiger partial charge in [-0.3, -0.25) is 9.59 Å². The van der Waals surface area contributed by atoms with E-state index in [0.717, 1.165) is 16.7 Å². The van der Waals surface area contributed by atoms with Gasteiger partial charge in [0.25, 0.3) is 5.91 Å². The zero-order valence-electron chi connectivity index (χ0n) is 13.2. The molecule has 0 saturated carbocycles. The molecule has 24 heavy (non-hydrogen) atoms. The normalized spacial score (nSPS) is 10.3. The van der Waals surface area contributed by atoms with Gasteiger partial charge in [-0.05, 0) is 36.6 Å². The van der Waals surface area contributed by atoms with Gasteiger partial charge in [0.1, 0.15) is 0 Å². The molecule has 1 heterocycles. The van der Waals surface area contributed by atoms with Crippen LogP contribution >= 0.6 is 23.2 Å². The van der Waals surface area contributed by atoms with Crippen molar-refractivity contribution < 1.29 is 14.3 Å². The third kappa shape index (κ3) is 5.22. The molecule has 1 N–H and O–H groups in total. The summed E-state index contributed by atoms with van der Waals surface area (Å²) in [5, 5.41) is 3.02. The Morgan fingerprint density at radius 2 is 1.92 bits per heavy atom. The number of hydrogen-bond acceptors (Lipinski definition) is 4. The van der Waals surface area contributed by atoms with Crippen LogP contribution in [0.2, 0.25) is 10.0 Å². The molecule has 0 bridgehead atoms. The van der Waals surface area contributed by atoms with Crippen LogP contribution in [0.25, 0.3) is 0 Å². The number of benzene rings is 1. The second kappa shape index (κ2) is 8.13. The van der Waals surface area contributed by atoms with Crippen LogP contribution in [0.15, 0.2) is 30.5 Å². The molecule has 0 unspecified atom stereocenters. The van der Waals surface area contributed by atoms with Gasteiger partial charge >= 0.3 is 5.97 Å². The average Bonchev–Trinajstić information content (AvgIpc) is 2.52. The summed E-state index contributed by atoms with van der Waals surface area (Å²) in [5.74, 6) is -0.847. The number of amides is 1. The Morgan fingerprint density at radius 3 is 2.58 bits per heavy atom. The molecule has 1 aromatic heterocycles. The number of hydrogen-bond donors (Lipinski definition) is 1. The fourth-order valence-electron chi connectivity index (χ4n) is 1.95. The highest BCUT2D eigenvalue weighted by atomic mass is 35.5. The number of rotatable bonds is 5. The average molecular weight is 367 g/mol. The second-order valence-electron chi connectivity index (χ2n) is 5.29. The monoisotopic (exact) mass is 366 g/mol. The molecule has 0 saturated heterocycles. The number of aryl methyl sites for hydroxylation is 2. The van der Waals surface area contributed by atoms with Crippen molar-refractivity contribution in [1.29, 1.82) is 0 Å². The van der Waals surface area contributed by atoms with E-state index in [1.54, 1.807) is 0 Å². The first-order valence-electron chi connectivity index (χ1n) is 7.18. The lowest BCUT2D eigenvalue weighted by molar-refractivity contribution is -0.146. The lowest BCUT2D eigenvalue weighted by atomic mass is 10.0. The van der Waals surface area contributed by atoms with Crippen LogP contribution in [-0.2, 0) is 20.7 Å². The Labute approximate surface area is 149 Å². The lowest BCUT2D eigenvalue weighted by Gasteiger charge is -2.08. The SMILES string of the molecule is Cc1ccc(CC(=O)OCC(=O)Nc2ncc(Cl)cc2Cl)cc1C. The summed E-state index contributed by atoms with van der Waals surface area (Å²) in [7, 11) is 0. The summed E-state index contributed by atoms with van der Waals surface area (Å²) >= 11 is 11.6. The van der Waals surface area contributed by atoms with E-state index in [1.165, 1.54) is 12.3 Å². The Morgan fingerprint density at radius 1 is 1.17 bits per heavy atom. The smallest absolute Gasteiger partial charge is 0.310 e. The van der Waals surface area contributed by atoms with E-state index in [1.807, 2.05) is 32.0 Å². The number of nitrogens with zero attached hydrogens (tertiary/aromatic N) is 1. The molecule has 1 amide bonds. The van der Waals surface area contributed by atoms with Crippen molar-refractivity contribution in [2.45, 2.75) is 20.3 Å². The number of carbonyl (C=O) groups excluding carboxylic acids is 2. The van der Waals surface area contributed by atoms with Crippen LogP contribution in [-0.4, -0.2) is 23.5 Å². The molecule has 0 spiro atoms. The zero-order chi connectivity index (χ0) is 17.7. The third-order valence-corrected chi connectivity index (χ3v) is 3.84. The first-order chi connectivity index (χ1) is 11.3. The number of aromatic nitrogens is 1. The molecular weight excluding hydrogens is 351 g/mol. The minimum atomic E-state index is -0.528. The molecule has 0 radical (unpaired) electrons. The number of pyridine rings is 1. The van der Waals surface area contributed by atoms with Gasteiger partial charge in [0.05, 0.1) is 16.5 Å². The van der Waals surface area contributed by atoms with E-state index < -0.39 is 18.5 Å². The molecule has 0 aliphatic heterocycles. The molecule has 2 aromatic rings. The predicted octanol–water partition coefficient (Wildman–Crippen LogP) is 3.73. The van der Waals surface area contributed by atoms with Gasteiger partial charge in [-0.15, -0.1) is 0 Å². The fraction of sp³-hybridized carbons (Fsp3) is 0.235. The first-order valence-corrected chi connectivity index (χ1v) is 7.93. The maximum atomic E-state index is 11.8. The largest absolute Gasteiger partial charge is 0.455 e. The summed E-state index contributed by atoms with van der Waals surface area (Å²) in [6.07, 6.45) is 1.46. The Bertz CT molecular complexity index is 778. The number of ether oxygens (including phenoxy) is 1. The summed E-state index contributed by atoms with van der Waals surface area (Å²) in [4.78, 5) is 27.5.